The van der Waals surface area contributed by atoms with E-state index in [-0.39, 0.29) is 5.88 Å². The van der Waals surface area contributed by atoms with Crippen LogP contribution in [-0.2, 0) is 0 Å². The van der Waals surface area contributed by atoms with Crippen molar-refractivity contribution in [1.29, 1.82) is 0 Å². The average molecular weight is 285 g/mol. The number of H-pyrrole nitrogens is 1. The molecule has 0 aliphatic rings. The van der Waals surface area contributed by atoms with Crippen molar-refractivity contribution in [3.8, 4) is 5.88 Å². The quantitative estimate of drug-likeness (QED) is 0.665. The predicted molar refractivity (Wildman–Crippen MR) is 83.4 cm³/mol. The van der Waals surface area contributed by atoms with Gasteiger partial charge in [-0.1, -0.05) is 35.9 Å². The number of aromatic nitrogens is 1. The maximum absolute atomic E-state index is 9.94. The molecule has 4 heteroatoms. The first-order chi connectivity index (χ1) is 9.65. The highest BCUT2D eigenvalue weighted by molar-refractivity contribution is 6.31. The number of hydrogen-bond donors (Lipinski definition) is 2. The summed E-state index contributed by atoms with van der Waals surface area (Å²) in [6, 6.07) is 13.3. The number of halogens is 1. The van der Waals surface area contributed by atoms with Crippen LogP contribution >= 0.6 is 11.6 Å². The molecule has 3 nitrogen and oxygen atoms in total. The first-order valence-corrected chi connectivity index (χ1v) is 6.63. The molecule has 0 saturated heterocycles. The first-order valence-electron chi connectivity index (χ1n) is 6.25. The number of aliphatic imine (C=N–C) groups is 1. The van der Waals surface area contributed by atoms with Crippen molar-refractivity contribution >= 4 is 34.4 Å². The highest BCUT2D eigenvalue weighted by Crippen LogP contribution is 2.27. The van der Waals surface area contributed by atoms with Crippen molar-refractivity contribution in [2.45, 2.75) is 6.92 Å². The summed E-state index contributed by atoms with van der Waals surface area (Å²) in [6.07, 6.45) is 1.65. The van der Waals surface area contributed by atoms with Gasteiger partial charge in [0.2, 0.25) is 0 Å². The van der Waals surface area contributed by atoms with Gasteiger partial charge in [-0.15, -0.1) is 0 Å². The molecule has 0 fully saturated rings. The predicted octanol–water partition coefficient (Wildman–Crippen LogP) is 4.59. The molecule has 0 bridgehead atoms. The van der Waals surface area contributed by atoms with Gasteiger partial charge in [0.05, 0.1) is 11.3 Å². The van der Waals surface area contributed by atoms with E-state index in [0.717, 1.165) is 22.2 Å². The number of para-hydroxylation sites is 1. The lowest BCUT2D eigenvalue weighted by atomic mass is 10.2. The highest BCUT2D eigenvalue weighted by Gasteiger charge is 2.07. The van der Waals surface area contributed by atoms with Gasteiger partial charge in [-0.3, -0.25) is 4.99 Å². The molecular formula is C16H13ClN2O. The lowest BCUT2D eigenvalue weighted by molar-refractivity contribution is 0.457. The van der Waals surface area contributed by atoms with Crippen molar-refractivity contribution in [3.05, 3.63) is 58.6 Å². The van der Waals surface area contributed by atoms with E-state index < -0.39 is 0 Å². The molecular weight excluding hydrogens is 272 g/mol. The molecule has 0 saturated carbocycles. The van der Waals surface area contributed by atoms with E-state index in [2.05, 4.69) is 9.98 Å². The number of fused-ring (bicyclic) bond motifs is 1. The third-order valence-corrected chi connectivity index (χ3v) is 3.63. The van der Waals surface area contributed by atoms with E-state index in [0.29, 0.717) is 10.6 Å². The third kappa shape index (κ3) is 2.28. The topological polar surface area (TPSA) is 48.4 Å². The molecule has 1 aromatic heterocycles. The van der Waals surface area contributed by atoms with Crippen LogP contribution in [0.4, 0.5) is 5.69 Å². The molecule has 0 amide bonds. The normalized spacial score (nSPS) is 11.5. The number of aromatic hydroxyl groups is 1. The van der Waals surface area contributed by atoms with Crippen LogP contribution in [-0.4, -0.2) is 16.3 Å². The fourth-order valence-corrected chi connectivity index (χ4v) is 2.26. The van der Waals surface area contributed by atoms with Crippen molar-refractivity contribution in [1.82, 2.24) is 4.98 Å². The van der Waals surface area contributed by atoms with Gasteiger partial charge in [0.25, 0.3) is 0 Å². The Kier molecular flexibility index (Phi) is 3.20. The monoisotopic (exact) mass is 284 g/mol. The summed E-state index contributed by atoms with van der Waals surface area (Å²) in [5, 5.41) is 11.6. The Morgan fingerprint density at radius 2 is 2.00 bits per heavy atom. The van der Waals surface area contributed by atoms with Crippen molar-refractivity contribution in [2.75, 3.05) is 0 Å². The summed E-state index contributed by atoms with van der Waals surface area (Å²) in [5.41, 5.74) is 3.33. The molecule has 0 aliphatic carbocycles. The van der Waals surface area contributed by atoms with Crippen LogP contribution in [0.1, 0.15) is 11.1 Å². The number of nitrogens with zero attached hydrogens (tertiary/aromatic N) is 1. The largest absolute Gasteiger partial charge is 0.494 e. The SMILES string of the molecule is Cc1ccc(N=Cc2c(O)[nH]c3ccccc23)cc1Cl. The lowest BCUT2D eigenvalue weighted by Crippen LogP contribution is -1.79. The van der Waals surface area contributed by atoms with Crippen LogP contribution < -0.4 is 0 Å². The van der Waals surface area contributed by atoms with E-state index in [9.17, 15) is 5.11 Å². The molecule has 2 aromatic carbocycles. The maximum atomic E-state index is 9.94. The minimum absolute atomic E-state index is 0.119. The average Bonchev–Trinajstić information content (AvgIpc) is 2.76. The smallest absolute Gasteiger partial charge is 0.198 e. The van der Waals surface area contributed by atoms with E-state index in [4.69, 9.17) is 11.6 Å². The molecule has 3 rings (SSSR count). The Labute approximate surface area is 121 Å². The summed E-state index contributed by atoms with van der Waals surface area (Å²) in [4.78, 5) is 7.29. The van der Waals surface area contributed by atoms with E-state index in [1.165, 1.54) is 0 Å². The summed E-state index contributed by atoms with van der Waals surface area (Å²) in [5.74, 6) is 0.119. The molecule has 0 spiro atoms. The summed E-state index contributed by atoms with van der Waals surface area (Å²) < 4.78 is 0. The van der Waals surface area contributed by atoms with Gasteiger partial charge in [0.15, 0.2) is 5.88 Å². The summed E-state index contributed by atoms with van der Waals surface area (Å²) in [7, 11) is 0. The minimum atomic E-state index is 0.119. The van der Waals surface area contributed by atoms with E-state index >= 15 is 0 Å². The number of rotatable bonds is 2. The Morgan fingerprint density at radius 1 is 1.20 bits per heavy atom. The fraction of sp³-hybridized carbons (Fsp3) is 0.0625. The van der Waals surface area contributed by atoms with E-state index in [1.807, 2.05) is 43.3 Å². The molecule has 0 radical (unpaired) electrons. The van der Waals surface area contributed by atoms with Crippen LogP contribution in [0, 0.1) is 6.92 Å². The van der Waals surface area contributed by atoms with Crippen LogP contribution in [0.5, 0.6) is 5.88 Å². The molecule has 2 N–H and O–H groups in total. The van der Waals surface area contributed by atoms with Crippen LogP contribution in [0.2, 0.25) is 5.02 Å². The molecule has 1 heterocycles. The number of aromatic amines is 1. The van der Waals surface area contributed by atoms with Crippen molar-refractivity contribution in [2.24, 2.45) is 4.99 Å². The van der Waals surface area contributed by atoms with Gasteiger partial charge in [0.1, 0.15) is 0 Å². The van der Waals surface area contributed by atoms with Crippen LogP contribution in [0.15, 0.2) is 47.5 Å². The second kappa shape index (κ2) is 5.02. The lowest BCUT2D eigenvalue weighted by Gasteiger charge is -1.98. The zero-order valence-corrected chi connectivity index (χ0v) is 11.6. The van der Waals surface area contributed by atoms with Crippen molar-refractivity contribution in [3.63, 3.8) is 0 Å². The third-order valence-electron chi connectivity index (χ3n) is 3.22. The molecule has 100 valence electrons. The number of hydrogen-bond acceptors (Lipinski definition) is 2. The number of nitrogens with one attached hydrogen (secondary N) is 1. The molecule has 0 aliphatic heterocycles. The summed E-state index contributed by atoms with van der Waals surface area (Å²) in [6.45, 7) is 1.95. The van der Waals surface area contributed by atoms with Gasteiger partial charge in [-0.25, -0.2) is 0 Å². The zero-order chi connectivity index (χ0) is 14.1. The first kappa shape index (κ1) is 12.8. The zero-order valence-electron chi connectivity index (χ0n) is 10.9. The molecule has 20 heavy (non-hydrogen) atoms. The Hall–Kier alpha value is -2.26. The Balaban J connectivity index is 2.02. The van der Waals surface area contributed by atoms with Gasteiger partial charge >= 0.3 is 0 Å². The van der Waals surface area contributed by atoms with Gasteiger partial charge in [0, 0.05) is 22.1 Å². The molecule has 0 atom stereocenters. The second-order valence-electron chi connectivity index (χ2n) is 4.62. The van der Waals surface area contributed by atoms with Crippen LogP contribution in [0.3, 0.4) is 0 Å². The standard InChI is InChI=1S/C16H13ClN2O/c1-10-6-7-11(8-14(10)17)18-9-13-12-4-2-3-5-15(12)19-16(13)20/h2-9,19-20H,1H3. The highest BCUT2D eigenvalue weighted by atomic mass is 35.5. The summed E-state index contributed by atoms with van der Waals surface area (Å²) >= 11 is 6.07. The Morgan fingerprint density at radius 3 is 2.80 bits per heavy atom. The van der Waals surface area contributed by atoms with Crippen molar-refractivity contribution < 1.29 is 5.11 Å². The number of benzene rings is 2. The van der Waals surface area contributed by atoms with Gasteiger partial charge in [-0.05, 0) is 30.7 Å². The van der Waals surface area contributed by atoms with Gasteiger partial charge < -0.3 is 10.1 Å². The Bertz CT molecular complexity index is 805. The van der Waals surface area contributed by atoms with E-state index in [1.54, 1.807) is 12.3 Å². The molecule has 0 unspecified atom stereocenters. The minimum Gasteiger partial charge on any atom is -0.494 e. The molecule has 3 aromatic rings. The number of aryl methyl sites for hydroxylation is 1. The van der Waals surface area contributed by atoms with Crippen LogP contribution in [0.25, 0.3) is 10.9 Å². The fourth-order valence-electron chi connectivity index (χ4n) is 2.08. The second-order valence-corrected chi connectivity index (χ2v) is 5.03. The maximum Gasteiger partial charge on any atom is 0.198 e. The van der Waals surface area contributed by atoms with Gasteiger partial charge in [-0.2, -0.15) is 0 Å².